The minimum Gasteiger partial charge on any atom is -0.372 e. The summed E-state index contributed by atoms with van der Waals surface area (Å²) in [5.74, 6) is 0. The highest BCUT2D eigenvalue weighted by Gasteiger charge is 2.14. The number of benzene rings is 6. The monoisotopic (exact) mass is 693 g/mol. The molecule has 0 aliphatic carbocycles. The van der Waals surface area contributed by atoms with E-state index in [4.69, 9.17) is 0 Å². The Morgan fingerprint density at radius 2 is 0.830 bits per heavy atom. The number of rotatable bonds is 13. The largest absolute Gasteiger partial charge is 0.372 e. The molecule has 53 heavy (non-hydrogen) atoms. The van der Waals surface area contributed by atoms with Gasteiger partial charge in [-0.1, -0.05) is 97.1 Å². The predicted molar refractivity (Wildman–Crippen MR) is 232 cm³/mol. The van der Waals surface area contributed by atoms with Gasteiger partial charge in [0, 0.05) is 65.9 Å². The van der Waals surface area contributed by atoms with E-state index in [1.807, 2.05) is 0 Å². The third kappa shape index (κ3) is 7.43. The van der Waals surface area contributed by atoms with Crippen LogP contribution in [0.2, 0.25) is 0 Å². The van der Waals surface area contributed by atoms with Crippen LogP contribution < -0.4 is 9.80 Å². The van der Waals surface area contributed by atoms with Crippen molar-refractivity contribution in [2.24, 2.45) is 0 Å². The zero-order valence-electron chi connectivity index (χ0n) is 31.9. The zero-order chi connectivity index (χ0) is 36.7. The Morgan fingerprint density at radius 3 is 1.21 bits per heavy atom. The van der Waals surface area contributed by atoms with Gasteiger partial charge in [-0.3, -0.25) is 0 Å². The average Bonchev–Trinajstić information content (AvgIpc) is 3.53. The summed E-state index contributed by atoms with van der Waals surface area (Å²) in [5.41, 5.74) is 14.8. The molecule has 0 unspecified atom stereocenters. The lowest BCUT2D eigenvalue weighted by Crippen LogP contribution is -2.21. The maximum absolute atomic E-state index is 2.45. The summed E-state index contributed by atoms with van der Waals surface area (Å²) in [6.45, 7) is 16.0. The minimum absolute atomic E-state index is 0.908. The first kappa shape index (κ1) is 35.6. The van der Waals surface area contributed by atoms with E-state index in [-0.39, 0.29) is 0 Å². The van der Waals surface area contributed by atoms with E-state index < -0.39 is 0 Å². The van der Waals surface area contributed by atoms with E-state index in [0.29, 0.717) is 0 Å². The number of anilines is 2. The van der Waals surface area contributed by atoms with E-state index >= 15 is 0 Å². The van der Waals surface area contributed by atoms with E-state index in [1.165, 1.54) is 77.7 Å². The maximum Gasteiger partial charge on any atom is 0.0491 e. The Bertz CT molecular complexity index is 2210. The normalized spacial score (nSPS) is 12.1. The molecule has 266 valence electrons. The Morgan fingerprint density at radius 1 is 0.434 bits per heavy atom. The molecule has 0 radical (unpaired) electrons. The molecule has 0 amide bonds. The van der Waals surface area contributed by atoms with Crippen molar-refractivity contribution in [2.45, 2.75) is 41.2 Å². The lowest BCUT2D eigenvalue weighted by Gasteiger charge is -2.22. The molecule has 7 aromatic rings. The predicted octanol–water partition coefficient (Wildman–Crippen LogP) is 12.7. The molecule has 0 spiro atoms. The van der Waals surface area contributed by atoms with Crippen LogP contribution in [0.3, 0.4) is 0 Å². The molecule has 0 aliphatic heterocycles. The fourth-order valence-electron chi connectivity index (χ4n) is 7.81. The highest BCUT2D eigenvalue weighted by molar-refractivity contribution is 6.10. The molecule has 0 aliphatic rings. The van der Waals surface area contributed by atoms with Crippen LogP contribution in [0.25, 0.3) is 45.1 Å². The van der Waals surface area contributed by atoms with Crippen LogP contribution >= 0.6 is 0 Å². The highest BCUT2D eigenvalue weighted by atomic mass is 15.1. The number of fused-ring (bicyclic) bond motifs is 3. The van der Waals surface area contributed by atoms with Crippen molar-refractivity contribution < 1.29 is 0 Å². The smallest absolute Gasteiger partial charge is 0.0491 e. The maximum atomic E-state index is 2.45. The summed E-state index contributed by atoms with van der Waals surface area (Å²) in [4.78, 5) is 4.82. The molecule has 6 aromatic carbocycles. The molecule has 0 saturated heterocycles. The summed E-state index contributed by atoms with van der Waals surface area (Å²) in [7, 11) is 0. The number of hydrogen-bond donors (Lipinski definition) is 0. The second-order valence-electron chi connectivity index (χ2n) is 13.6. The van der Waals surface area contributed by atoms with Crippen molar-refractivity contribution in [3.05, 3.63) is 179 Å². The second-order valence-corrected chi connectivity index (χ2v) is 13.6. The summed E-state index contributed by atoms with van der Waals surface area (Å²) in [6.07, 6.45) is 4.73. The topological polar surface area (TPSA) is 11.4 Å². The third-order valence-electron chi connectivity index (χ3n) is 10.6. The fourth-order valence-corrected chi connectivity index (χ4v) is 7.81. The van der Waals surface area contributed by atoms with Gasteiger partial charge in [-0.2, -0.15) is 0 Å². The number of nitrogens with zero attached hydrogens (tertiary/aromatic N) is 3. The van der Waals surface area contributed by atoms with Crippen molar-refractivity contribution >= 4 is 56.5 Å². The van der Waals surface area contributed by atoms with Crippen LogP contribution in [0.1, 0.15) is 68.0 Å². The van der Waals surface area contributed by atoms with Gasteiger partial charge in [-0.25, -0.2) is 0 Å². The quantitative estimate of drug-likeness (QED) is 0.111. The molecule has 0 atom stereocenters. The van der Waals surface area contributed by atoms with Gasteiger partial charge in [0.25, 0.3) is 0 Å². The lowest BCUT2D eigenvalue weighted by molar-refractivity contribution is 0.827. The molecular weight excluding hydrogens is 643 g/mol. The first-order valence-electron chi connectivity index (χ1n) is 19.4. The van der Waals surface area contributed by atoms with Crippen molar-refractivity contribution in [2.75, 3.05) is 36.0 Å². The van der Waals surface area contributed by atoms with Crippen LogP contribution in [-0.2, 0) is 6.54 Å². The first-order chi connectivity index (χ1) is 26.0. The van der Waals surface area contributed by atoms with Crippen LogP contribution in [0.4, 0.5) is 11.4 Å². The summed E-state index contributed by atoms with van der Waals surface area (Å²) in [5, 5.41) is 2.56. The van der Waals surface area contributed by atoms with Gasteiger partial charge >= 0.3 is 0 Å². The fraction of sp³-hybridized carbons (Fsp3) is 0.200. The Labute approximate surface area is 316 Å². The Balaban J connectivity index is 1.38. The summed E-state index contributed by atoms with van der Waals surface area (Å²) >= 11 is 0. The van der Waals surface area contributed by atoms with E-state index in [9.17, 15) is 0 Å². The van der Waals surface area contributed by atoms with Gasteiger partial charge in [-0.05, 0) is 140 Å². The molecule has 1 aromatic heterocycles. The average molecular weight is 694 g/mol. The molecular formula is C50H51N3. The van der Waals surface area contributed by atoms with E-state index in [1.54, 1.807) is 0 Å². The van der Waals surface area contributed by atoms with Crippen molar-refractivity contribution in [3.63, 3.8) is 0 Å². The molecule has 7 rings (SSSR count). The van der Waals surface area contributed by atoms with Crippen LogP contribution in [0, 0.1) is 0 Å². The van der Waals surface area contributed by atoms with E-state index in [0.717, 1.165) is 32.7 Å². The SMILES string of the molecule is CCN(CC)c1cccc(C(=Cc2ccc3c(c2)c2cc(C=C(c4ccccc4)c4cccc(N(CC)CC)c4)ccc2n3CC)c2ccccc2)c1. The van der Waals surface area contributed by atoms with Crippen LogP contribution in [-0.4, -0.2) is 30.7 Å². The molecule has 3 nitrogen and oxygen atoms in total. The molecule has 0 bridgehead atoms. The third-order valence-corrected chi connectivity index (χ3v) is 10.6. The van der Waals surface area contributed by atoms with E-state index in [2.05, 4.69) is 207 Å². The number of aromatic nitrogens is 1. The minimum atomic E-state index is 0.908. The lowest BCUT2D eigenvalue weighted by atomic mass is 9.94. The first-order valence-corrected chi connectivity index (χ1v) is 19.4. The number of hydrogen-bond acceptors (Lipinski definition) is 2. The molecule has 3 heteroatoms. The standard InChI is InChI=1S/C50H51N3/c1-6-51(7-2)43-25-17-23-41(35-43)45(39-19-13-11-14-20-39)31-37-27-29-49-47(33-37)48-34-38(28-30-50(48)53(49)10-5)32-46(40-21-15-12-16-22-40)42-24-18-26-44(36-42)52(8-3)9-4/h11-36H,6-10H2,1-5H3. The van der Waals surface area contributed by atoms with Gasteiger partial charge in [0.05, 0.1) is 0 Å². The van der Waals surface area contributed by atoms with Gasteiger partial charge < -0.3 is 14.4 Å². The second kappa shape index (κ2) is 16.3. The summed E-state index contributed by atoms with van der Waals surface area (Å²) in [6, 6.07) is 53.6. The zero-order valence-corrected chi connectivity index (χ0v) is 31.9. The van der Waals surface area contributed by atoms with Gasteiger partial charge in [0.15, 0.2) is 0 Å². The highest BCUT2D eigenvalue weighted by Crippen LogP contribution is 2.35. The van der Waals surface area contributed by atoms with Gasteiger partial charge in [0.2, 0.25) is 0 Å². The molecule has 0 saturated carbocycles. The molecule has 0 fully saturated rings. The molecule has 1 heterocycles. The summed E-state index contributed by atoms with van der Waals surface area (Å²) < 4.78 is 2.45. The number of aryl methyl sites for hydroxylation is 1. The van der Waals surface area contributed by atoms with Crippen molar-refractivity contribution in [3.8, 4) is 0 Å². The van der Waals surface area contributed by atoms with Crippen LogP contribution in [0.5, 0.6) is 0 Å². The van der Waals surface area contributed by atoms with Gasteiger partial charge in [0.1, 0.15) is 0 Å². The molecule has 0 N–H and O–H groups in total. The van der Waals surface area contributed by atoms with Gasteiger partial charge in [-0.15, -0.1) is 0 Å². The van der Waals surface area contributed by atoms with Crippen molar-refractivity contribution in [1.82, 2.24) is 4.57 Å². The Kier molecular flexibility index (Phi) is 10.9. The van der Waals surface area contributed by atoms with Crippen molar-refractivity contribution in [1.29, 1.82) is 0 Å². The van der Waals surface area contributed by atoms with Crippen LogP contribution in [0.15, 0.2) is 146 Å². The Hall–Kier alpha value is -5.80.